The molecular formula is C13H15FN2O5. The molecule has 21 heavy (non-hydrogen) atoms. The number of rotatable bonds is 1. The molecule has 8 heteroatoms. The van der Waals surface area contributed by atoms with Crippen LogP contribution in [-0.2, 0) is 0 Å². The van der Waals surface area contributed by atoms with E-state index in [9.17, 15) is 29.3 Å². The maximum absolute atomic E-state index is 13.4. The van der Waals surface area contributed by atoms with Gasteiger partial charge in [-0.05, 0) is 18.4 Å². The quantitative estimate of drug-likeness (QED) is 0.478. The van der Waals surface area contributed by atoms with Gasteiger partial charge in [0, 0.05) is 5.92 Å². The molecule has 0 aliphatic heterocycles. The topological polar surface area (TPSA) is 116 Å². The molecule has 1 aromatic heterocycles. The Kier molecular flexibility index (Phi) is 3.31. The lowest BCUT2D eigenvalue weighted by atomic mass is 9.86. The minimum Gasteiger partial charge on any atom is -0.393 e. The Morgan fingerprint density at radius 1 is 1.24 bits per heavy atom. The summed E-state index contributed by atoms with van der Waals surface area (Å²) in [5.41, 5.74) is -1.41. The molecule has 0 spiro atoms. The lowest BCUT2D eigenvalue weighted by molar-refractivity contribution is -0.00404. The van der Waals surface area contributed by atoms with Crippen LogP contribution in [-0.4, -0.2) is 43.2 Å². The van der Waals surface area contributed by atoms with Crippen LogP contribution in [0.2, 0.25) is 0 Å². The third kappa shape index (κ3) is 2.15. The molecule has 0 bridgehead atoms. The van der Waals surface area contributed by atoms with Gasteiger partial charge in [0.2, 0.25) is 5.82 Å². The highest BCUT2D eigenvalue weighted by Gasteiger charge is 2.48. The summed E-state index contributed by atoms with van der Waals surface area (Å²) in [7, 11) is 0. The summed E-state index contributed by atoms with van der Waals surface area (Å²) in [5, 5.41) is 29.9. The summed E-state index contributed by atoms with van der Waals surface area (Å²) in [4.78, 5) is 24.7. The molecule has 4 N–H and O–H groups in total. The summed E-state index contributed by atoms with van der Waals surface area (Å²) in [6.45, 7) is 0. The van der Waals surface area contributed by atoms with Gasteiger partial charge in [-0.2, -0.15) is 4.39 Å². The average molecular weight is 298 g/mol. The van der Waals surface area contributed by atoms with E-state index in [0.717, 1.165) is 10.8 Å². The van der Waals surface area contributed by atoms with Crippen molar-refractivity contribution < 1.29 is 19.7 Å². The number of H-pyrrole nitrogens is 1. The molecule has 7 nitrogen and oxygen atoms in total. The van der Waals surface area contributed by atoms with Crippen LogP contribution in [0.25, 0.3) is 0 Å². The number of halogens is 1. The molecule has 1 heterocycles. The molecule has 2 aliphatic carbocycles. The van der Waals surface area contributed by atoms with Gasteiger partial charge < -0.3 is 15.3 Å². The fraction of sp³-hybridized carbons (Fsp3) is 0.538. The van der Waals surface area contributed by atoms with Crippen molar-refractivity contribution in [1.82, 2.24) is 9.55 Å². The van der Waals surface area contributed by atoms with Crippen LogP contribution in [0.15, 0.2) is 27.4 Å². The van der Waals surface area contributed by atoms with E-state index < -0.39 is 47.3 Å². The molecule has 114 valence electrons. The Labute approximate surface area is 118 Å². The first kappa shape index (κ1) is 14.2. The van der Waals surface area contributed by atoms with E-state index >= 15 is 0 Å². The third-order valence-electron chi connectivity index (χ3n) is 4.23. The Morgan fingerprint density at radius 3 is 2.67 bits per heavy atom. The number of aliphatic hydroxyl groups excluding tert-OH is 3. The van der Waals surface area contributed by atoms with Gasteiger partial charge in [0.05, 0.1) is 24.4 Å². The highest BCUT2D eigenvalue weighted by Crippen LogP contribution is 2.44. The highest BCUT2D eigenvalue weighted by atomic mass is 19.1. The lowest BCUT2D eigenvalue weighted by Gasteiger charge is -2.25. The van der Waals surface area contributed by atoms with E-state index in [4.69, 9.17) is 0 Å². The zero-order chi connectivity index (χ0) is 15.3. The Bertz CT molecular complexity index is 709. The minimum absolute atomic E-state index is 0.265. The second kappa shape index (κ2) is 4.90. The van der Waals surface area contributed by atoms with Crippen LogP contribution in [0.5, 0.6) is 0 Å². The van der Waals surface area contributed by atoms with Crippen molar-refractivity contribution in [3.63, 3.8) is 0 Å². The number of fused-ring (bicyclic) bond motifs is 1. The molecule has 0 unspecified atom stereocenters. The Morgan fingerprint density at radius 2 is 1.95 bits per heavy atom. The molecule has 2 aliphatic rings. The van der Waals surface area contributed by atoms with E-state index in [1.807, 2.05) is 4.98 Å². The van der Waals surface area contributed by atoms with Crippen molar-refractivity contribution in [2.45, 2.75) is 37.2 Å². The minimum atomic E-state index is -1.31. The summed E-state index contributed by atoms with van der Waals surface area (Å²) < 4.78 is 14.3. The normalized spacial score (nSPS) is 35.4. The SMILES string of the molecule is O=c1[nH]c(=O)n([C@@H]2C3=CC[C@@H](O)C[C@@H]3[C@@H](O)[C@H]2O)cc1F. The van der Waals surface area contributed by atoms with E-state index in [1.54, 1.807) is 6.08 Å². The van der Waals surface area contributed by atoms with Gasteiger partial charge in [0.1, 0.15) is 6.10 Å². The number of nitrogens with zero attached hydrogens (tertiary/aromatic N) is 1. The van der Waals surface area contributed by atoms with Gasteiger partial charge in [-0.25, -0.2) is 4.79 Å². The van der Waals surface area contributed by atoms with Crippen LogP contribution in [0, 0.1) is 11.7 Å². The first-order valence-corrected chi connectivity index (χ1v) is 6.65. The lowest BCUT2D eigenvalue weighted by Crippen LogP contribution is -2.38. The second-order valence-corrected chi connectivity index (χ2v) is 5.51. The molecular weight excluding hydrogens is 283 g/mol. The smallest absolute Gasteiger partial charge is 0.329 e. The van der Waals surface area contributed by atoms with Crippen molar-refractivity contribution in [3.8, 4) is 0 Å². The maximum atomic E-state index is 13.4. The number of hydrogen-bond donors (Lipinski definition) is 4. The first-order chi connectivity index (χ1) is 9.90. The number of nitrogens with one attached hydrogen (secondary N) is 1. The molecule has 0 amide bonds. The predicted molar refractivity (Wildman–Crippen MR) is 69.1 cm³/mol. The Balaban J connectivity index is 2.12. The van der Waals surface area contributed by atoms with E-state index in [1.165, 1.54) is 0 Å². The number of aromatic nitrogens is 2. The molecule has 3 rings (SSSR count). The van der Waals surface area contributed by atoms with Crippen molar-refractivity contribution in [2.24, 2.45) is 5.92 Å². The fourth-order valence-corrected chi connectivity index (χ4v) is 3.24. The van der Waals surface area contributed by atoms with Crippen molar-refractivity contribution in [2.75, 3.05) is 0 Å². The maximum Gasteiger partial charge on any atom is 0.329 e. The highest BCUT2D eigenvalue weighted by molar-refractivity contribution is 5.27. The van der Waals surface area contributed by atoms with Crippen molar-refractivity contribution in [3.05, 3.63) is 44.5 Å². The molecule has 1 fully saturated rings. The van der Waals surface area contributed by atoms with Gasteiger partial charge in [-0.1, -0.05) is 6.08 Å². The molecule has 1 saturated carbocycles. The van der Waals surface area contributed by atoms with Gasteiger partial charge in [-0.3, -0.25) is 14.3 Å². The third-order valence-corrected chi connectivity index (χ3v) is 4.23. The first-order valence-electron chi connectivity index (χ1n) is 6.65. The fourth-order valence-electron chi connectivity index (χ4n) is 3.24. The van der Waals surface area contributed by atoms with Crippen LogP contribution >= 0.6 is 0 Å². The van der Waals surface area contributed by atoms with Crippen LogP contribution in [0.4, 0.5) is 4.39 Å². The summed E-state index contributed by atoms with van der Waals surface area (Å²) in [6, 6.07) is -0.948. The van der Waals surface area contributed by atoms with E-state index in [0.29, 0.717) is 12.0 Å². The van der Waals surface area contributed by atoms with E-state index in [-0.39, 0.29) is 6.42 Å². The Hall–Kier alpha value is -1.77. The molecule has 0 saturated heterocycles. The standard InChI is InChI=1S/C13H15FN2O5/c14-8-4-16(13(21)15-12(8)20)9-6-2-1-5(17)3-7(6)10(18)11(9)19/h2,4-5,7,9-11,17-19H,1,3H2,(H,15,20,21)/t5-,7+,9-,10-,11+/m1/s1. The van der Waals surface area contributed by atoms with E-state index in [2.05, 4.69) is 0 Å². The van der Waals surface area contributed by atoms with Gasteiger partial charge in [-0.15, -0.1) is 0 Å². The second-order valence-electron chi connectivity index (χ2n) is 5.51. The molecule has 5 atom stereocenters. The summed E-state index contributed by atoms with van der Waals surface area (Å²) >= 11 is 0. The average Bonchev–Trinajstić information content (AvgIpc) is 2.67. The van der Waals surface area contributed by atoms with Crippen LogP contribution < -0.4 is 11.2 Å². The largest absolute Gasteiger partial charge is 0.393 e. The zero-order valence-corrected chi connectivity index (χ0v) is 10.9. The summed E-state index contributed by atoms with van der Waals surface area (Å²) in [5.74, 6) is -1.63. The van der Waals surface area contributed by atoms with Gasteiger partial charge >= 0.3 is 5.69 Å². The summed E-state index contributed by atoms with van der Waals surface area (Å²) in [6.07, 6.45) is -0.103. The van der Waals surface area contributed by atoms with Gasteiger partial charge in [0.25, 0.3) is 5.56 Å². The van der Waals surface area contributed by atoms with Crippen LogP contribution in [0.1, 0.15) is 18.9 Å². The van der Waals surface area contributed by atoms with Crippen molar-refractivity contribution in [1.29, 1.82) is 0 Å². The zero-order valence-electron chi connectivity index (χ0n) is 10.9. The molecule has 0 aromatic carbocycles. The monoisotopic (exact) mass is 298 g/mol. The predicted octanol–water partition coefficient (Wildman–Crippen LogP) is -1.35. The number of hydrogen-bond acceptors (Lipinski definition) is 5. The van der Waals surface area contributed by atoms with Gasteiger partial charge in [0.15, 0.2) is 0 Å². The van der Waals surface area contributed by atoms with Crippen LogP contribution in [0.3, 0.4) is 0 Å². The number of aliphatic hydroxyl groups is 3. The van der Waals surface area contributed by atoms with Crippen molar-refractivity contribution >= 4 is 0 Å². The number of aromatic amines is 1. The molecule has 0 radical (unpaired) electrons. The molecule has 1 aromatic rings.